The molecule has 1 atom stereocenters. The SMILES string of the molecule is CCCn1c(=O)[nH]c(=O)c2c(C(=O)NC(C)CC(=O)O)cc(C(C)C)nc21. The van der Waals surface area contributed by atoms with Crippen LogP contribution in [0.1, 0.15) is 62.5 Å². The molecule has 27 heavy (non-hydrogen) atoms. The predicted molar refractivity (Wildman–Crippen MR) is 100 cm³/mol. The van der Waals surface area contributed by atoms with Gasteiger partial charge >= 0.3 is 11.7 Å². The maximum atomic E-state index is 12.8. The summed E-state index contributed by atoms with van der Waals surface area (Å²) in [4.78, 5) is 54.9. The highest BCUT2D eigenvalue weighted by Gasteiger charge is 2.21. The molecule has 9 nitrogen and oxygen atoms in total. The van der Waals surface area contributed by atoms with Crippen molar-refractivity contribution in [2.45, 2.75) is 59.0 Å². The molecule has 9 heteroatoms. The largest absolute Gasteiger partial charge is 0.481 e. The van der Waals surface area contributed by atoms with Crippen LogP contribution < -0.4 is 16.6 Å². The van der Waals surface area contributed by atoms with E-state index in [4.69, 9.17) is 5.11 Å². The number of aromatic nitrogens is 3. The Morgan fingerprint density at radius 3 is 2.52 bits per heavy atom. The van der Waals surface area contributed by atoms with Crippen molar-refractivity contribution in [2.75, 3.05) is 0 Å². The number of amides is 1. The fraction of sp³-hybridized carbons (Fsp3) is 0.500. The Labute approximate surface area is 155 Å². The highest BCUT2D eigenvalue weighted by molar-refractivity contribution is 6.05. The fourth-order valence-corrected chi connectivity index (χ4v) is 2.81. The Balaban J connectivity index is 2.72. The van der Waals surface area contributed by atoms with E-state index in [1.165, 1.54) is 10.6 Å². The quantitative estimate of drug-likeness (QED) is 0.665. The first kappa shape index (κ1) is 20.3. The van der Waals surface area contributed by atoms with E-state index in [1.807, 2.05) is 20.8 Å². The number of carboxylic acid groups (broad SMARTS) is 1. The number of hydrogen-bond acceptors (Lipinski definition) is 5. The number of nitrogens with one attached hydrogen (secondary N) is 2. The molecular weight excluding hydrogens is 352 g/mol. The Hall–Kier alpha value is -2.97. The van der Waals surface area contributed by atoms with Crippen molar-refractivity contribution >= 4 is 22.9 Å². The molecule has 0 aliphatic rings. The highest BCUT2D eigenvalue weighted by Crippen LogP contribution is 2.20. The van der Waals surface area contributed by atoms with Crippen molar-refractivity contribution in [3.05, 3.63) is 38.2 Å². The number of pyridine rings is 1. The number of carbonyl (C=O) groups excluding carboxylic acids is 1. The van der Waals surface area contributed by atoms with Gasteiger partial charge in [0.05, 0.1) is 17.4 Å². The van der Waals surface area contributed by atoms with Crippen molar-refractivity contribution in [1.29, 1.82) is 0 Å². The molecule has 0 aliphatic heterocycles. The number of aliphatic carboxylic acids is 1. The molecule has 2 heterocycles. The van der Waals surface area contributed by atoms with E-state index in [9.17, 15) is 19.2 Å². The van der Waals surface area contributed by atoms with Crippen LogP contribution in [0.15, 0.2) is 15.7 Å². The second-order valence-electron chi connectivity index (χ2n) is 6.83. The average molecular weight is 376 g/mol. The summed E-state index contributed by atoms with van der Waals surface area (Å²) in [6.45, 7) is 7.57. The van der Waals surface area contributed by atoms with Gasteiger partial charge in [-0.3, -0.25) is 23.9 Å². The minimum atomic E-state index is -1.04. The molecule has 146 valence electrons. The number of rotatable bonds is 7. The van der Waals surface area contributed by atoms with Crippen molar-refractivity contribution < 1.29 is 14.7 Å². The van der Waals surface area contributed by atoms with Crippen LogP contribution in [0.5, 0.6) is 0 Å². The molecule has 0 saturated carbocycles. The maximum absolute atomic E-state index is 12.8. The van der Waals surface area contributed by atoms with Crippen molar-refractivity contribution in [3.63, 3.8) is 0 Å². The molecule has 0 saturated heterocycles. The minimum absolute atomic E-state index is 0.0208. The molecule has 1 amide bonds. The number of aromatic amines is 1. The number of carbonyl (C=O) groups is 2. The number of aryl methyl sites for hydroxylation is 1. The van der Waals surface area contributed by atoms with Crippen LogP contribution in [0.2, 0.25) is 0 Å². The standard InChI is InChI=1S/C18H24N4O5/c1-5-6-22-15-14(17(26)21-18(22)27)11(8-12(20-15)9(2)3)16(25)19-10(4)7-13(23)24/h8-10H,5-7H2,1-4H3,(H,19,25)(H,23,24)(H,21,26,27). The van der Waals surface area contributed by atoms with Gasteiger partial charge in [-0.25, -0.2) is 9.78 Å². The Kier molecular flexibility index (Phi) is 6.14. The van der Waals surface area contributed by atoms with Gasteiger partial charge in [-0.15, -0.1) is 0 Å². The van der Waals surface area contributed by atoms with Gasteiger partial charge < -0.3 is 10.4 Å². The zero-order valence-corrected chi connectivity index (χ0v) is 15.8. The zero-order chi connectivity index (χ0) is 20.3. The van der Waals surface area contributed by atoms with Gasteiger partial charge in [-0.05, 0) is 25.3 Å². The minimum Gasteiger partial charge on any atom is -0.481 e. The fourth-order valence-electron chi connectivity index (χ4n) is 2.81. The molecule has 0 spiro atoms. The molecule has 2 rings (SSSR count). The molecule has 0 radical (unpaired) electrons. The molecule has 0 aromatic carbocycles. The lowest BCUT2D eigenvalue weighted by Crippen LogP contribution is -2.37. The summed E-state index contributed by atoms with van der Waals surface area (Å²) in [7, 11) is 0. The molecule has 1 unspecified atom stereocenters. The van der Waals surface area contributed by atoms with Crippen molar-refractivity contribution in [2.24, 2.45) is 0 Å². The summed E-state index contributed by atoms with van der Waals surface area (Å²) in [5, 5.41) is 11.5. The molecule has 3 N–H and O–H groups in total. The summed E-state index contributed by atoms with van der Waals surface area (Å²) in [6, 6.07) is 0.896. The molecule has 0 aliphatic carbocycles. The van der Waals surface area contributed by atoms with Crippen LogP contribution in [-0.4, -0.2) is 37.6 Å². The van der Waals surface area contributed by atoms with Crippen LogP contribution in [-0.2, 0) is 11.3 Å². The van der Waals surface area contributed by atoms with Gasteiger partial charge in [0.25, 0.3) is 11.5 Å². The summed E-state index contributed by atoms with van der Waals surface area (Å²) in [6.07, 6.45) is 0.397. The van der Waals surface area contributed by atoms with E-state index < -0.39 is 29.2 Å². The van der Waals surface area contributed by atoms with Gasteiger partial charge in [0, 0.05) is 18.3 Å². The summed E-state index contributed by atoms with van der Waals surface area (Å²) in [5.74, 6) is -1.66. The monoisotopic (exact) mass is 376 g/mol. The van der Waals surface area contributed by atoms with E-state index in [2.05, 4.69) is 15.3 Å². The van der Waals surface area contributed by atoms with E-state index in [-0.39, 0.29) is 28.9 Å². The Morgan fingerprint density at radius 2 is 1.96 bits per heavy atom. The third-order valence-corrected chi connectivity index (χ3v) is 4.11. The Morgan fingerprint density at radius 1 is 1.30 bits per heavy atom. The first-order chi connectivity index (χ1) is 12.6. The first-order valence-corrected chi connectivity index (χ1v) is 8.86. The number of hydrogen-bond donors (Lipinski definition) is 3. The summed E-state index contributed by atoms with van der Waals surface area (Å²) < 4.78 is 1.35. The highest BCUT2D eigenvalue weighted by atomic mass is 16.4. The normalized spacial score (nSPS) is 12.3. The Bertz CT molecular complexity index is 990. The maximum Gasteiger partial charge on any atom is 0.329 e. The van der Waals surface area contributed by atoms with Crippen LogP contribution >= 0.6 is 0 Å². The first-order valence-electron chi connectivity index (χ1n) is 8.86. The lowest BCUT2D eigenvalue weighted by molar-refractivity contribution is -0.137. The average Bonchev–Trinajstić information content (AvgIpc) is 2.56. The van der Waals surface area contributed by atoms with Crippen LogP contribution in [0.25, 0.3) is 11.0 Å². The van der Waals surface area contributed by atoms with E-state index in [0.717, 1.165) is 0 Å². The number of H-pyrrole nitrogens is 1. The summed E-state index contributed by atoms with van der Waals surface area (Å²) in [5.41, 5.74) is -0.470. The third-order valence-electron chi connectivity index (χ3n) is 4.11. The lowest BCUT2D eigenvalue weighted by Gasteiger charge is -2.16. The van der Waals surface area contributed by atoms with Crippen LogP contribution in [0.4, 0.5) is 0 Å². The number of carboxylic acids is 1. The van der Waals surface area contributed by atoms with Crippen LogP contribution in [0, 0.1) is 0 Å². The number of nitrogens with zero attached hydrogens (tertiary/aromatic N) is 2. The van der Waals surface area contributed by atoms with Gasteiger partial charge in [0.15, 0.2) is 5.65 Å². The number of fused-ring (bicyclic) bond motifs is 1. The topological polar surface area (TPSA) is 134 Å². The van der Waals surface area contributed by atoms with E-state index in [0.29, 0.717) is 18.7 Å². The van der Waals surface area contributed by atoms with Crippen molar-refractivity contribution in [3.8, 4) is 0 Å². The van der Waals surface area contributed by atoms with Gasteiger partial charge in [-0.2, -0.15) is 0 Å². The molecular formula is C18H24N4O5. The van der Waals surface area contributed by atoms with Gasteiger partial charge in [0.1, 0.15) is 0 Å². The molecule has 0 bridgehead atoms. The second kappa shape index (κ2) is 8.15. The van der Waals surface area contributed by atoms with E-state index in [1.54, 1.807) is 6.92 Å². The van der Waals surface area contributed by atoms with Crippen molar-refractivity contribution in [1.82, 2.24) is 19.9 Å². The third kappa shape index (κ3) is 4.42. The van der Waals surface area contributed by atoms with Gasteiger partial charge in [-0.1, -0.05) is 20.8 Å². The van der Waals surface area contributed by atoms with Crippen LogP contribution in [0.3, 0.4) is 0 Å². The van der Waals surface area contributed by atoms with E-state index >= 15 is 0 Å². The molecule has 2 aromatic rings. The smallest absolute Gasteiger partial charge is 0.329 e. The second-order valence-corrected chi connectivity index (χ2v) is 6.83. The zero-order valence-electron chi connectivity index (χ0n) is 15.8. The molecule has 0 fully saturated rings. The lowest BCUT2D eigenvalue weighted by atomic mass is 10.0. The van der Waals surface area contributed by atoms with Gasteiger partial charge in [0.2, 0.25) is 0 Å². The predicted octanol–water partition coefficient (Wildman–Crippen LogP) is 1.21. The molecule has 2 aromatic heterocycles. The summed E-state index contributed by atoms with van der Waals surface area (Å²) >= 11 is 0.